The van der Waals surface area contributed by atoms with E-state index in [4.69, 9.17) is 4.74 Å². The van der Waals surface area contributed by atoms with Crippen LogP contribution in [0.5, 0.6) is 5.75 Å². The van der Waals surface area contributed by atoms with Gasteiger partial charge in [-0.25, -0.2) is 0 Å². The van der Waals surface area contributed by atoms with E-state index >= 15 is 0 Å². The predicted molar refractivity (Wildman–Crippen MR) is 73.5 cm³/mol. The van der Waals surface area contributed by atoms with Crippen molar-refractivity contribution in [1.29, 1.82) is 0 Å². The molecule has 17 heavy (non-hydrogen) atoms. The zero-order chi connectivity index (χ0) is 12.3. The average Bonchev–Trinajstić information content (AvgIpc) is 2.39. The van der Waals surface area contributed by atoms with E-state index in [9.17, 15) is 0 Å². The van der Waals surface area contributed by atoms with Gasteiger partial charge in [0.05, 0.1) is 0 Å². The molecule has 0 spiro atoms. The fraction of sp³-hybridized carbons (Fsp3) is 0.600. The molecule has 1 unspecified atom stereocenters. The smallest absolute Gasteiger partial charge is 0.119 e. The first kappa shape index (κ1) is 14.0. The van der Waals surface area contributed by atoms with Gasteiger partial charge in [-0.3, -0.25) is 0 Å². The number of hydrogen-bond donors (Lipinski definition) is 1. The number of likely N-dealkylation sites (N-methyl/N-ethyl adjacent to an activating group) is 1. The summed E-state index contributed by atoms with van der Waals surface area (Å²) < 4.78 is 5.75. The van der Waals surface area contributed by atoms with Crippen LogP contribution < -0.4 is 10.1 Å². The van der Waals surface area contributed by atoms with Crippen molar-refractivity contribution in [2.24, 2.45) is 0 Å². The first-order valence-corrected chi connectivity index (χ1v) is 6.72. The van der Waals surface area contributed by atoms with Crippen molar-refractivity contribution in [3.05, 3.63) is 30.3 Å². The second-order valence-electron chi connectivity index (χ2n) is 4.46. The van der Waals surface area contributed by atoms with Crippen LogP contribution in [0.2, 0.25) is 0 Å². The van der Waals surface area contributed by atoms with E-state index in [0.29, 0.717) is 6.04 Å². The van der Waals surface area contributed by atoms with E-state index in [1.54, 1.807) is 0 Å². The van der Waals surface area contributed by atoms with Crippen molar-refractivity contribution in [1.82, 2.24) is 5.32 Å². The van der Waals surface area contributed by atoms with E-state index in [-0.39, 0.29) is 0 Å². The molecule has 0 radical (unpaired) electrons. The number of para-hydroxylation sites is 1. The summed E-state index contributed by atoms with van der Waals surface area (Å²) in [5.41, 5.74) is 0. The lowest BCUT2D eigenvalue weighted by Gasteiger charge is -2.16. The van der Waals surface area contributed by atoms with E-state index < -0.39 is 0 Å². The van der Waals surface area contributed by atoms with Gasteiger partial charge in [0.25, 0.3) is 0 Å². The number of ether oxygens (including phenoxy) is 1. The Morgan fingerprint density at radius 3 is 2.53 bits per heavy atom. The molecule has 0 amide bonds. The Hall–Kier alpha value is -1.02. The van der Waals surface area contributed by atoms with Gasteiger partial charge in [-0.1, -0.05) is 50.8 Å². The number of nitrogens with one attached hydrogen (secondary N) is 1. The molecular formula is C15H25NO. The van der Waals surface area contributed by atoms with E-state index in [0.717, 1.165) is 12.4 Å². The monoisotopic (exact) mass is 235 g/mol. The Morgan fingerprint density at radius 2 is 1.88 bits per heavy atom. The molecule has 1 atom stereocenters. The lowest BCUT2D eigenvalue weighted by molar-refractivity contribution is 0.260. The molecule has 1 N–H and O–H groups in total. The van der Waals surface area contributed by atoms with Gasteiger partial charge in [0, 0.05) is 6.04 Å². The molecule has 0 aliphatic rings. The summed E-state index contributed by atoms with van der Waals surface area (Å²) in [4.78, 5) is 0. The SMILES string of the molecule is CCCCCCC(COc1ccccc1)NC. The van der Waals surface area contributed by atoms with Crippen LogP contribution in [0.15, 0.2) is 30.3 Å². The number of hydrogen-bond acceptors (Lipinski definition) is 2. The third-order valence-corrected chi connectivity index (χ3v) is 3.01. The number of benzene rings is 1. The lowest BCUT2D eigenvalue weighted by atomic mass is 10.1. The van der Waals surface area contributed by atoms with Crippen LogP contribution in [0, 0.1) is 0 Å². The van der Waals surface area contributed by atoms with E-state index in [1.807, 2.05) is 37.4 Å². The normalized spacial score (nSPS) is 12.4. The Balaban J connectivity index is 2.18. The zero-order valence-electron chi connectivity index (χ0n) is 11.1. The Kier molecular flexibility index (Phi) is 7.48. The van der Waals surface area contributed by atoms with Crippen molar-refractivity contribution >= 4 is 0 Å². The van der Waals surface area contributed by atoms with Crippen LogP contribution in [0.1, 0.15) is 39.0 Å². The van der Waals surface area contributed by atoms with Crippen LogP contribution in [0.4, 0.5) is 0 Å². The van der Waals surface area contributed by atoms with Gasteiger partial charge in [-0.15, -0.1) is 0 Å². The maximum atomic E-state index is 5.75. The van der Waals surface area contributed by atoms with Gasteiger partial charge in [0.1, 0.15) is 12.4 Å². The van der Waals surface area contributed by atoms with Crippen molar-refractivity contribution in [3.63, 3.8) is 0 Å². The van der Waals surface area contributed by atoms with E-state index in [2.05, 4.69) is 12.2 Å². The van der Waals surface area contributed by atoms with Crippen LogP contribution in [0.25, 0.3) is 0 Å². The summed E-state index contributed by atoms with van der Waals surface area (Å²) in [6.45, 7) is 3.00. The number of unbranched alkanes of at least 4 members (excludes halogenated alkanes) is 3. The summed E-state index contributed by atoms with van der Waals surface area (Å²) >= 11 is 0. The van der Waals surface area contributed by atoms with Crippen LogP contribution >= 0.6 is 0 Å². The molecule has 0 bridgehead atoms. The molecule has 2 heteroatoms. The maximum absolute atomic E-state index is 5.75. The molecule has 0 aromatic heterocycles. The molecule has 2 nitrogen and oxygen atoms in total. The minimum Gasteiger partial charge on any atom is -0.492 e. The van der Waals surface area contributed by atoms with Gasteiger partial charge in [-0.05, 0) is 25.6 Å². The molecule has 0 heterocycles. The molecule has 0 fully saturated rings. The van der Waals surface area contributed by atoms with Gasteiger partial charge in [0.2, 0.25) is 0 Å². The Morgan fingerprint density at radius 1 is 1.12 bits per heavy atom. The molecule has 0 saturated heterocycles. The van der Waals surface area contributed by atoms with Gasteiger partial charge in [0.15, 0.2) is 0 Å². The highest BCUT2D eigenvalue weighted by Gasteiger charge is 2.06. The average molecular weight is 235 g/mol. The third-order valence-electron chi connectivity index (χ3n) is 3.01. The van der Waals surface area contributed by atoms with Crippen LogP contribution in [-0.2, 0) is 0 Å². The largest absolute Gasteiger partial charge is 0.492 e. The quantitative estimate of drug-likeness (QED) is 0.660. The topological polar surface area (TPSA) is 21.3 Å². The van der Waals surface area contributed by atoms with E-state index in [1.165, 1.54) is 32.1 Å². The number of rotatable bonds is 9. The van der Waals surface area contributed by atoms with Crippen molar-refractivity contribution in [3.8, 4) is 5.75 Å². The van der Waals surface area contributed by atoms with Gasteiger partial charge in [-0.2, -0.15) is 0 Å². The summed E-state index contributed by atoms with van der Waals surface area (Å²) in [7, 11) is 2.01. The molecule has 0 saturated carbocycles. The molecule has 1 rings (SSSR count). The second-order valence-corrected chi connectivity index (χ2v) is 4.46. The van der Waals surface area contributed by atoms with Gasteiger partial charge >= 0.3 is 0 Å². The maximum Gasteiger partial charge on any atom is 0.119 e. The Bertz CT molecular complexity index is 274. The molecule has 0 aliphatic carbocycles. The second kappa shape index (κ2) is 9.06. The highest BCUT2D eigenvalue weighted by atomic mass is 16.5. The first-order chi connectivity index (χ1) is 8.36. The highest BCUT2D eigenvalue weighted by molar-refractivity contribution is 5.20. The van der Waals surface area contributed by atoms with Crippen molar-refractivity contribution in [2.75, 3.05) is 13.7 Å². The fourth-order valence-corrected chi connectivity index (χ4v) is 1.84. The van der Waals surface area contributed by atoms with Crippen molar-refractivity contribution < 1.29 is 4.74 Å². The molecule has 0 aliphatic heterocycles. The molecular weight excluding hydrogens is 210 g/mol. The molecule has 1 aromatic rings. The van der Waals surface area contributed by atoms with Crippen molar-refractivity contribution in [2.45, 2.75) is 45.1 Å². The van der Waals surface area contributed by atoms with Crippen LogP contribution in [-0.4, -0.2) is 19.7 Å². The first-order valence-electron chi connectivity index (χ1n) is 6.72. The minimum atomic E-state index is 0.465. The van der Waals surface area contributed by atoms with Crippen LogP contribution in [0.3, 0.4) is 0 Å². The third kappa shape index (κ3) is 6.32. The highest BCUT2D eigenvalue weighted by Crippen LogP contribution is 2.10. The lowest BCUT2D eigenvalue weighted by Crippen LogP contribution is -2.31. The molecule has 96 valence electrons. The summed E-state index contributed by atoms with van der Waals surface area (Å²) in [6, 6.07) is 10.5. The summed E-state index contributed by atoms with van der Waals surface area (Å²) in [5, 5.41) is 3.32. The predicted octanol–water partition coefficient (Wildman–Crippen LogP) is 3.62. The Labute approximate surface area is 105 Å². The standard InChI is InChI=1S/C15H25NO/c1-3-4-5-7-10-14(16-2)13-17-15-11-8-6-9-12-15/h6,8-9,11-12,14,16H,3-5,7,10,13H2,1-2H3. The fourth-order valence-electron chi connectivity index (χ4n) is 1.84. The van der Waals surface area contributed by atoms with Gasteiger partial charge < -0.3 is 10.1 Å². The summed E-state index contributed by atoms with van der Waals surface area (Å²) in [5.74, 6) is 0.960. The zero-order valence-corrected chi connectivity index (χ0v) is 11.1. The minimum absolute atomic E-state index is 0.465. The summed E-state index contributed by atoms with van der Waals surface area (Å²) in [6.07, 6.45) is 6.46. The molecule has 1 aromatic carbocycles.